The van der Waals surface area contributed by atoms with Gasteiger partial charge >= 0.3 is 0 Å². The zero-order valence-corrected chi connectivity index (χ0v) is 17.5. The molecule has 3 aromatic rings. The topological polar surface area (TPSA) is 68.0 Å². The number of fused-ring (bicyclic) bond motifs is 1. The number of amides is 1. The molecule has 0 saturated heterocycles. The second-order valence-corrected chi connectivity index (χ2v) is 9.11. The van der Waals surface area contributed by atoms with Crippen molar-refractivity contribution in [1.29, 1.82) is 0 Å². The second-order valence-electron chi connectivity index (χ2n) is 7.97. The number of nitrogens with one attached hydrogen (secondary N) is 1. The first-order valence-corrected chi connectivity index (χ1v) is 10.6. The van der Waals surface area contributed by atoms with Crippen LogP contribution in [0.5, 0.6) is 0 Å². The van der Waals surface area contributed by atoms with Crippen molar-refractivity contribution < 1.29 is 9.32 Å². The molecule has 5 nitrogen and oxygen atoms in total. The smallest absolute Gasteiger partial charge is 0.265 e. The summed E-state index contributed by atoms with van der Waals surface area (Å²) in [7, 11) is 0. The summed E-state index contributed by atoms with van der Waals surface area (Å²) in [6.07, 6.45) is 3.34. The average molecular weight is 396 g/mol. The van der Waals surface area contributed by atoms with Crippen molar-refractivity contribution in [1.82, 2.24) is 10.1 Å². The normalized spacial score (nSPS) is 16.2. The molecule has 0 aliphatic heterocycles. The van der Waals surface area contributed by atoms with Gasteiger partial charge in [0.2, 0.25) is 0 Å². The molecule has 2 aromatic heterocycles. The van der Waals surface area contributed by atoms with E-state index in [1.807, 2.05) is 39.0 Å². The molecule has 1 N–H and O–H groups in total. The quantitative estimate of drug-likeness (QED) is 0.624. The van der Waals surface area contributed by atoms with E-state index in [9.17, 15) is 4.79 Å². The summed E-state index contributed by atoms with van der Waals surface area (Å²) < 4.78 is 5.46. The number of benzene rings is 1. The Hall–Kier alpha value is -2.47. The Kier molecular flexibility index (Phi) is 5.06. The molecule has 6 heteroatoms. The fourth-order valence-electron chi connectivity index (χ4n) is 3.58. The maximum absolute atomic E-state index is 13.0. The van der Waals surface area contributed by atoms with Crippen LogP contribution in [0.2, 0.25) is 0 Å². The lowest BCUT2D eigenvalue weighted by molar-refractivity contribution is 0.103. The van der Waals surface area contributed by atoms with Crippen LogP contribution in [0, 0.1) is 12.8 Å². The van der Waals surface area contributed by atoms with Gasteiger partial charge in [-0.1, -0.05) is 38.1 Å². The Balaban J connectivity index is 1.63. The van der Waals surface area contributed by atoms with Crippen molar-refractivity contribution in [2.45, 2.75) is 52.9 Å². The zero-order chi connectivity index (χ0) is 19.8. The van der Waals surface area contributed by atoms with Crippen molar-refractivity contribution in [2.24, 2.45) is 5.92 Å². The summed E-state index contributed by atoms with van der Waals surface area (Å²) >= 11 is 1.62. The highest BCUT2D eigenvalue weighted by molar-refractivity contribution is 7.14. The summed E-state index contributed by atoms with van der Waals surface area (Å²) in [5.74, 6) is 1.89. The first-order chi connectivity index (χ1) is 13.4. The van der Waals surface area contributed by atoms with E-state index in [-0.39, 0.29) is 11.8 Å². The third kappa shape index (κ3) is 3.61. The Morgan fingerprint density at radius 3 is 2.93 bits per heavy atom. The summed E-state index contributed by atoms with van der Waals surface area (Å²) in [6.45, 7) is 8.29. The molecule has 1 unspecified atom stereocenters. The van der Waals surface area contributed by atoms with Crippen molar-refractivity contribution in [3.8, 4) is 11.5 Å². The highest BCUT2D eigenvalue weighted by atomic mass is 32.1. The fourth-order valence-corrected chi connectivity index (χ4v) is 4.69. The van der Waals surface area contributed by atoms with Crippen LogP contribution in [-0.4, -0.2) is 16.0 Å². The van der Waals surface area contributed by atoms with Gasteiger partial charge in [-0.3, -0.25) is 4.79 Å². The molecule has 2 heterocycles. The van der Waals surface area contributed by atoms with E-state index in [0.717, 1.165) is 34.5 Å². The molecule has 4 rings (SSSR count). The first kappa shape index (κ1) is 18.9. The SMILES string of the molecule is Cc1cccc(-c2nc(C(C)C)no2)c1NC(=O)c1cc2c(s1)CCC(C)C2. The van der Waals surface area contributed by atoms with Gasteiger partial charge in [-0.15, -0.1) is 11.3 Å². The van der Waals surface area contributed by atoms with Gasteiger partial charge in [0.1, 0.15) is 0 Å². The predicted molar refractivity (Wildman–Crippen MR) is 112 cm³/mol. The fraction of sp³-hybridized carbons (Fsp3) is 0.409. The summed E-state index contributed by atoms with van der Waals surface area (Å²) in [4.78, 5) is 19.6. The first-order valence-electron chi connectivity index (χ1n) is 9.79. The van der Waals surface area contributed by atoms with Gasteiger partial charge in [-0.25, -0.2) is 0 Å². The largest absolute Gasteiger partial charge is 0.334 e. The van der Waals surface area contributed by atoms with Crippen LogP contribution in [0.4, 0.5) is 5.69 Å². The predicted octanol–water partition coefficient (Wildman–Crippen LogP) is 5.61. The van der Waals surface area contributed by atoms with Gasteiger partial charge in [0.25, 0.3) is 11.8 Å². The molecule has 0 radical (unpaired) electrons. The number of aromatic nitrogens is 2. The molecule has 1 amide bonds. The van der Waals surface area contributed by atoms with Crippen molar-refractivity contribution in [3.63, 3.8) is 0 Å². The van der Waals surface area contributed by atoms with E-state index in [0.29, 0.717) is 17.6 Å². The molecule has 0 fully saturated rings. The lowest BCUT2D eigenvalue weighted by Gasteiger charge is -2.16. The van der Waals surface area contributed by atoms with Crippen LogP contribution >= 0.6 is 11.3 Å². The minimum atomic E-state index is -0.0776. The number of anilines is 1. The van der Waals surface area contributed by atoms with E-state index in [1.54, 1.807) is 11.3 Å². The number of hydrogen-bond acceptors (Lipinski definition) is 5. The number of nitrogens with zero attached hydrogens (tertiary/aromatic N) is 2. The Labute approximate surface area is 169 Å². The van der Waals surface area contributed by atoms with E-state index in [1.165, 1.54) is 16.9 Å². The van der Waals surface area contributed by atoms with Crippen LogP contribution in [0.3, 0.4) is 0 Å². The molecule has 1 aliphatic rings. The lowest BCUT2D eigenvalue weighted by Crippen LogP contribution is -2.12. The Bertz CT molecular complexity index is 1020. The van der Waals surface area contributed by atoms with Crippen molar-refractivity contribution >= 4 is 22.9 Å². The number of rotatable bonds is 4. The number of carbonyl (C=O) groups excluding carboxylic acids is 1. The van der Waals surface area contributed by atoms with E-state index < -0.39 is 0 Å². The van der Waals surface area contributed by atoms with Gasteiger partial charge < -0.3 is 9.84 Å². The van der Waals surface area contributed by atoms with Crippen LogP contribution in [-0.2, 0) is 12.8 Å². The maximum atomic E-state index is 13.0. The Morgan fingerprint density at radius 1 is 1.36 bits per heavy atom. The number of para-hydroxylation sites is 1. The molecule has 28 heavy (non-hydrogen) atoms. The second kappa shape index (κ2) is 7.51. The minimum Gasteiger partial charge on any atom is -0.334 e. The van der Waals surface area contributed by atoms with Crippen molar-refractivity contribution in [2.75, 3.05) is 5.32 Å². The number of hydrogen-bond donors (Lipinski definition) is 1. The summed E-state index contributed by atoms with van der Waals surface area (Å²) in [5.41, 5.74) is 3.77. The van der Waals surface area contributed by atoms with E-state index in [4.69, 9.17) is 4.52 Å². The van der Waals surface area contributed by atoms with Crippen LogP contribution in [0.15, 0.2) is 28.8 Å². The standard InChI is InChI=1S/C22H25N3O2S/c1-12(2)20-24-22(27-25-20)16-7-5-6-14(4)19(16)23-21(26)18-11-15-10-13(3)8-9-17(15)28-18/h5-7,11-13H,8-10H2,1-4H3,(H,23,26). The van der Waals surface area contributed by atoms with Crippen molar-refractivity contribution in [3.05, 3.63) is 51.0 Å². The monoisotopic (exact) mass is 395 g/mol. The molecule has 0 bridgehead atoms. The average Bonchev–Trinajstić information content (AvgIpc) is 3.30. The van der Waals surface area contributed by atoms with Crippen LogP contribution < -0.4 is 5.32 Å². The maximum Gasteiger partial charge on any atom is 0.265 e. The van der Waals surface area contributed by atoms with Gasteiger partial charge in [0, 0.05) is 10.8 Å². The van der Waals surface area contributed by atoms with E-state index >= 15 is 0 Å². The number of thiophene rings is 1. The van der Waals surface area contributed by atoms with E-state index in [2.05, 4.69) is 28.4 Å². The number of carbonyl (C=O) groups is 1. The van der Waals surface area contributed by atoms with Gasteiger partial charge in [-0.05, 0) is 55.4 Å². The molecule has 1 aromatic carbocycles. The zero-order valence-electron chi connectivity index (χ0n) is 16.7. The molecule has 1 atom stereocenters. The lowest BCUT2D eigenvalue weighted by atomic mass is 9.90. The molecular formula is C22H25N3O2S. The molecule has 146 valence electrons. The third-order valence-electron chi connectivity index (χ3n) is 5.25. The van der Waals surface area contributed by atoms with Crippen LogP contribution in [0.1, 0.15) is 64.6 Å². The molecule has 0 saturated carbocycles. The summed E-state index contributed by atoms with van der Waals surface area (Å²) in [6, 6.07) is 7.87. The highest BCUT2D eigenvalue weighted by Gasteiger charge is 2.22. The molecule has 1 aliphatic carbocycles. The van der Waals surface area contributed by atoms with Gasteiger partial charge in [-0.2, -0.15) is 4.98 Å². The van der Waals surface area contributed by atoms with Gasteiger partial charge in [0.05, 0.1) is 16.1 Å². The Morgan fingerprint density at radius 2 is 2.18 bits per heavy atom. The number of aryl methyl sites for hydroxylation is 2. The minimum absolute atomic E-state index is 0.0776. The molecular weight excluding hydrogens is 370 g/mol. The third-order valence-corrected chi connectivity index (χ3v) is 6.49. The van der Waals surface area contributed by atoms with Gasteiger partial charge in [0.15, 0.2) is 5.82 Å². The highest BCUT2D eigenvalue weighted by Crippen LogP contribution is 2.34. The molecule has 0 spiro atoms. The summed E-state index contributed by atoms with van der Waals surface area (Å²) in [5, 5.41) is 7.15. The van der Waals surface area contributed by atoms with Crippen LogP contribution in [0.25, 0.3) is 11.5 Å².